The molecule has 5 nitrogen and oxygen atoms in total. The van der Waals surface area contributed by atoms with Gasteiger partial charge in [0.2, 0.25) is 0 Å². The van der Waals surface area contributed by atoms with Crippen LogP contribution in [0.5, 0.6) is 0 Å². The fourth-order valence-electron chi connectivity index (χ4n) is 2.27. The summed E-state index contributed by atoms with van der Waals surface area (Å²) in [6.07, 6.45) is 2.51. The Hall–Kier alpha value is -1.26. The smallest absolute Gasteiger partial charge is 0.410 e. The lowest BCUT2D eigenvalue weighted by atomic mass is 9.94. The largest absolute Gasteiger partial charge is 0.465 e. The molecule has 0 atom stereocenters. The number of ether oxygens (including phenoxy) is 2. The monoisotopic (exact) mass is 313 g/mol. The van der Waals surface area contributed by atoms with Gasteiger partial charge in [-0.15, -0.1) is 0 Å². The van der Waals surface area contributed by atoms with E-state index in [1.165, 1.54) is 0 Å². The van der Waals surface area contributed by atoms with Gasteiger partial charge in [-0.25, -0.2) is 4.79 Å². The van der Waals surface area contributed by atoms with Crippen LogP contribution in [0.15, 0.2) is 0 Å². The van der Waals surface area contributed by atoms with Crippen LogP contribution in [0.2, 0.25) is 0 Å². The van der Waals surface area contributed by atoms with Crippen LogP contribution in [0.3, 0.4) is 0 Å². The summed E-state index contributed by atoms with van der Waals surface area (Å²) in [5, 5.41) is 0. The second kappa shape index (κ2) is 7.34. The normalized spacial score (nSPS) is 17.3. The van der Waals surface area contributed by atoms with Crippen molar-refractivity contribution in [1.29, 1.82) is 0 Å². The van der Waals surface area contributed by atoms with Gasteiger partial charge in [0.25, 0.3) is 0 Å². The highest BCUT2D eigenvalue weighted by Crippen LogP contribution is 2.23. The Labute approximate surface area is 134 Å². The molecule has 0 unspecified atom stereocenters. The van der Waals surface area contributed by atoms with E-state index in [1.807, 2.05) is 41.5 Å². The van der Waals surface area contributed by atoms with Crippen LogP contribution in [-0.4, -0.2) is 42.3 Å². The summed E-state index contributed by atoms with van der Waals surface area (Å²) in [6, 6.07) is 0. The van der Waals surface area contributed by atoms with Crippen molar-refractivity contribution in [3.05, 3.63) is 0 Å². The van der Waals surface area contributed by atoms with Crippen molar-refractivity contribution >= 4 is 12.1 Å². The molecule has 22 heavy (non-hydrogen) atoms. The standard InChI is InChI=1S/C17H31NO4/c1-16(2,3)14(19)21-12-9-13-7-10-18(11-8-13)15(20)22-17(4,5)6/h13H,7-12H2,1-6H3. The van der Waals surface area contributed by atoms with Crippen LogP contribution >= 0.6 is 0 Å². The zero-order chi connectivity index (χ0) is 17.0. The number of piperidine rings is 1. The van der Waals surface area contributed by atoms with E-state index in [0.717, 1.165) is 19.3 Å². The fraction of sp³-hybridized carbons (Fsp3) is 0.882. The zero-order valence-corrected chi connectivity index (χ0v) is 14.9. The third-order valence-corrected chi connectivity index (χ3v) is 3.64. The lowest BCUT2D eigenvalue weighted by Gasteiger charge is -2.33. The Kier molecular flexibility index (Phi) is 6.27. The number of hydrogen-bond donors (Lipinski definition) is 0. The summed E-state index contributed by atoms with van der Waals surface area (Å²) in [6.45, 7) is 13.1. The number of esters is 1. The lowest BCUT2D eigenvalue weighted by molar-refractivity contribution is -0.153. The number of carbonyl (C=O) groups is 2. The molecule has 0 aliphatic carbocycles. The van der Waals surface area contributed by atoms with Gasteiger partial charge in [0.05, 0.1) is 12.0 Å². The zero-order valence-electron chi connectivity index (χ0n) is 14.9. The van der Waals surface area contributed by atoms with E-state index in [-0.39, 0.29) is 12.1 Å². The molecule has 0 saturated carbocycles. The van der Waals surface area contributed by atoms with Gasteiger partial charge in [-0.3, -0.25) is 4.79 Å². The molecular formula is C17H31NO4. The number of rotatable bonds is 3. The Balaban J connectivity index is 2.26. The quantitative estimate of drug-likeness (QED) is 0.747. The minimum atomic E-state index is -0.449. The molecule has 1 saturated heterocycles. The summed E-state index contributed by atoms with van der Waals surface area (Å²) in [5.74, 6) is 0.352. The van der Waals surface area contributed by atoms with Gasteiger partial charge in [0.15, 0.2) is 0 Å². The molecule has 0 radical (unpaired) electrons. The van der Waals surface area contributed by atoms with Crippen LogP contribution in [0.4, 0.5) is 4.79 Å². The van der Waals surface area contributed by atoms with Gasteiger partial charge in [0.1, 0.15) is 5.60 Å². The van der Waals surface area contributed by atoms with Gasteiger partial charge in [0, 0.05) is 13.1 Å². The topological polar surface area (TPSA) is 55.8 Å². The second-order valence-corrected chi connectivity index (χ2v) is 8.09. The highest BCUT2D eigenvalue weighted by atomic mass is 16.6. The average molecular weight is 313 g/mol. The molecule has 0 N–H and O–H groups in total. The first kappa shape index (κ1) is 18.8. The minimum Gasteiger partial charge on any atom is -0.465 e. The predicted octanol–water partition coefficient (Wildman–Crippen LogP) is 3.61. The van der Waals surface area contributed by atoms with Crippen molar-refractivity contribution < 1.29 is 19.1 Å². The molecule has 0 aromatic carbocycles. The Morgan fingerprint density at radius 1 is 1.05 bits per heavy atom. The molecule has 1 fully saturated rings. The Morgan fingerprint density at radius 2 is 1.59 bits per heavy atom. The van der Waals surface area contributed by atoms with E-state index in [0.29, 0.717) is 25.6 Å². The maximum Gasteiger partial charge on any atom is 0.410 e. The molecular weight excluding hydrogens is 282 g/mol. The number of likely N-dealkylation sites (tertiary alicyclic amines) is 1. The number of carbonyl (C=O) groups excluding carboxylic acids is 2. The van der Waals surface area contributed by atoms with Crippen molar-refractivity contribution in [2.45, 2.75) is 66.4 Å². The summed E-state index contributed by atoms with van der Waals surface area (Å²) < 4.78 is 10.7. The van der Waals surface area contributed by atoms with Crippen molar-refractivity contribution in [3.63, 3.8) is 0 Å². The van der Waals surface area contributed by atoms with Crippen LogP contribution < -0.4 is 0 Å². The summed E-state index contributed by atoms with van der Waals surface area (Å²) >= 11 is 0. The van der Waals surface area contributed by atoms with Crippen molar-refractivity contribution in [1.82, 2.24) is 4.90 Å². The summed E-state index contributed by atoms with van der Waals surface area (Å²) in [4.78, 5) is 25.4. The van der Waals surface area contributed by atoms with Crippen LogP contribution in [0.25, 0.3) is 0 Å². The third-order valence-electron chi connectivity index (χ3n) is 3.64. The van der Waals surface area contributed by atoms with E-state index in [9.17, 15) is 9.59 Å². The van der Waals surface area contributed by atoms with E-state index in [2.05, 4.69) is 0 Å². The maximum atomic E-state index is 12.0. The molecule has 0 aromatic heterocycles. The first-order valence-corrected chi connectivity index (χ1v) is 8.14. The number of amides is 1. The third kappa shape index (κ3) is 6.67. The van der Waals surface area contributed by atoms with Crippen molar-refractivity contribution in [2.24, 2.45) is 11.3 Å². The number of nitrogens with zero attached hydrogens (tertiary/aromatic N) is 1. The molecule has 0 aromatic rings. The molecule has 0 bridgehead atoms. The van der Waals surface area contributed by atoms with Gasteiger partial charge >= 0.3 is 12.1 Å². The van der Waals surface area contributed by atoms with E-state index < -0.39 is 11.0 Å². The summed E-state index contributed by atoms with van der Waals surface area (Å²) in [7, 11) is 0. The predicted molar refractivity (Wildman–Crippen MR) is 85.6 cm³/mol. The van der Waals surface area contributed by atoms with Gasteiger partial charge < -0.3 is 14.4 Å². The lowest BCUT2D eigenvalue weighted by Crippen LogP contribution is -2.41. The maximum absolute atomic E-state index is 12.0. The highest BCUT2D eigenvalue weighted by Gasteiger charge is 2.27. The minimum absolute atomic E-state index is 0.154. The van der Waals surface area contributed by atoms with Crippen LogP contribution in [-0.2, 0) is 14.3 Å². The fourth-order valence-corrected chi connectivity index (χ4v) is 2.27. The SMILES string of the molecule is CC(C)(C)OC(=O)N1CCC(CCOC(=O)C(C)(C)C)CC1. The molecule has 1 heterocycles. The van der Waals surface area contributed by atoms with Crippen molar-refractivity contribution in [3.8, 4) is 0 Å². The first-order chi connectivity index (χ1) is 9.99. The van der Waals surface area contributed by atoms with Gasteiger partial charge in [-0.05, 0) is 66.7 Å². The first-order valence-electron chi connectivity index (χ1n) is 8.14. The molecule has 0 spiro atoms. The van der Waals surface area contributed by atoms with E-state index in [1.54, 1.807) is 4.90 Å². The second-order valence-electron chi connectivity index (χ2n) is 8.09. The summed E-state index contributed by atoms with van der Waals surface area (Å²) in [5.41, 5.74) is -0.894. The van der Waals surface area contributed by atoms with Crippen LogP contribution in [0.1, 0.15) is 60.8 Å². The van der Waals surface area contributed by atoms with Crippen LogP contribution in [0, 0.1) is 11.3 Å². The highest BCUT2D eigenvalue weighted by molar-refractivity contribution is 5.75. The molecule has 1 amide bonds. The van der Waals surface area contributed by atoms with Gasteiger partial charge in [-0.1, -0.05) is 0 Å². The van der Waals surface area contributed by atoms with E-state index in [4.69, 9.17) is 9.47 Å². The van der Waals surface area contributed by atoms with Crippen molar-refractivity contribution in [2.75, 3.05) is 19.7 Å². The molecule has 128 valence electrons. The van der Waals surface area contributed by atoms with E-state index >= 15 is 0 Å². The molecule has 1 rings (SSSR count). The number of hydrogen-bond acceptors (Lipinski definition) is 4. The van der Waals surface area contributed by atoms with Gasteiger partial charge in [-0.2, -0.15) is 0 Å². The average Bonchev–Trinajstić information content (AvgIpc) is 2.36. The molecule has 5 heteroatoms. The molecule has 1 aliphatic heterocycles. The molecule has 1 aliphatic rings. The Bertz CT molecular complexity index is 384. The Morgan fingerprint density at radius 3 is 2.05 bits per heavy atom.